The number of benzene rings is 2. The quantitative estimate of drug-likeness (QED) is 0.467. The van der Waals surface area contributed by atoms with Crippen molar-refractivity contribution < 1.29 is 27.0 Å². The van der Waals surface area contributed by atoms with Gasteiger partial charge in [0, 0.05) is 24.7 Å². The summed E-state index contributed by atoms with van der Waals surface area (Å²) in [4.78, 5) is 4.08. The van der Waals surface area contributed by atoms with E-state index in [1.165, 1.54) is 27.7 Å². The van der Waals surface area contributed by atoms with Crippen molar-refractivity contribution in [3.8, 4) is 0 Å². The van der Waals surface area contributed by atoms with Crippen LogP contribution in [-0.2, 0) is 26.9 Å². The van der Waals surface area contributed by atoms with Crippen molar-refractivity contribution in [3.63, 3.8) is 0 Å². The number of hydrogen-bond donors (Lipinski definition) is 1. The molecule has 1 fully saturated rings. The van der Waals surface area contributed by atoms with Crippen molar-refractivity contribution in [3.05, 3.63) is 84.0 Å². The highest BCUT2D eigenvalue weighted by molar-refractivity contribution is 7.89. The van der Waals surface area contributed by atoms with Gasteiger partial charge in [-0.3, -0.25) is 0 Å². The average molecular weight is 519 g/mol. The van der Waals surface area contributed by atoms with Gasteiger partial charge >= 0.3 is 0 Å². The molecule has 8 nitrogen and oxygen atoms in total. The topological polar surface area (TPSA) is 97.6 Å². The minimum absolute atomic E-state index is 0.0297. The molecule has 0 spiro atoms. The zero-order chi connectivity index (χ0) is 25.8. The summed E-state index contributed by atoms with van der Waals surface area (Å²) < 4.78 is 61.8. The molecular weight excluding hydrogens is 490 g/mol. The van der Waals surface area contributed by atoms with Crippen molar-refractivity contribution in [1.29, 1.82) is 0 Å². The molecule has 0 unspecified atom stereocenters. The summed E-state index contributed by atoms with van der Waals surface area (Å²) >= 11 is 0. The number of aromatic nitrogens is 3. The largest absolute Gasteiger partial charge is 0.383 e. The van der Waals surface area contributed by atoms with Gasteiger partial charge in [0.25, 0.3) is 0 Å². The van der Waals surface area contributed by atoms with Gasteiger partial charge in [-0.1, -0.05) is 37.3 Å². The predicted octanol–water partition coefficient (Wildman–Crippen LogP) is 3.20. The van der Waals surface area contributed by atoms with Crippen LogP contribution in [0.2, 0.25) is 0 Å². The minimum atomic E-state index is -3.57. The number of morpholine rings is 1. The van der Waals surface area contributed by atoms with Crippen LogP contribution in [0.15, 0.2) is 66.1 Å². The predicted molar refractivity (Wildman–Crippen MR) is 129 cm³/mol. The molecule has 1 aliphatic heterocycles. The number of sulfonamides is 1. The number of aliphatic hydroxyl groups is 1. The standard InChI is InChI=1S/C25H28F2N4O4S/c1-19(25(32,16-30-18-28-17-29-30)23-10-7-21(26)15-24(23)27)3-2-4-20-5-8-22(9-6-20)36(33,34)31-11-13-35-14-12-31/h2,4-10,15,17-19,32H,3,11-14,16H2,1H3/b4-2+/t19-,25+/m0/s1. The molecule has 0 saturated carbocycles. The third-order valence-electron chi connectivity index (χ3n) is 6.37. The average Bonchev–Trinajstić information content (AvgIpc) is 3.37. The van der Waals surface area contributed by atoms with Gasteiger partial charge in [-0.25, -0.2) is 26.9 Å². The Hall–Kier alpha value is -2.99. The second kappa shape index (κ2) is 11.0. The van der Waals surface area contributed by atoms with E-state index in [0.717, 1.165) is 17.7 Å². The Morgan fingerprint density at radius 1 is 1.17 bits per heavy atom. The number of nitrogens with zero attached hydrogens (tertiary/aromatic N) is 4. The molecule has 0 amide bonds. The summed E-state index contributed by atoms with van der Waals surface area (Å²) in [6, 6.07) is 9.63. The van der Waals surface area contributed by atoms with E-state index in [0.29, 0.717) is 32.7 Å². The molecule has 2 atom stereocenters. The highest BCUT2D eigenvalue weighted by atomic mass is 32.2. The van der Waals surface area contributed by atoms with Crippen LogP contribution in [0.25, 0.3) is 6.08 Å². The molecule has 11 heteroatoms. The van der Waals surface area contributed by atoms with Crippen LogP contribution in [-0.4, -0.2) is 58.9 Å². The van der Waals surface area contributed by atoms with Crippen LogP contribution in [0.3, 0.4) is 0 Å². The lowest BCUT2D eigenvalue weighted by Crippen LogP contribution is -2.40. The second-order valence-electron chi connectivity index (χ2n) is 8.77. The lowest BCUT2D eigenvalue weighted by molar-refractivity contribution is -0.0379. The van der Waals surface area contributed by atoms with Gasteiger partial charge in [-0.15, -0.1) is 0 Å². The van der Waals surface area contributed by atoms with Crippen molar-refractivity contribution in [1.82, 2.24) is 19.1 Å². The Balaban J connectivity index is 1.49. The molecule has 0 bridgehead atoms. The van der Waals surface area contributed by atoms with E-state index >= 15 is 0 Å². The van der Waals surface area contributed by atoms with Crippen LogP contribution < -0.4 is 0 Å². The molecule has 1 N–H and O–H groups in total. The maximum atomic E-state index is 14.7. The SMILES string of the molecule is C[C@@H](C/C=C/c1ccc(S(=O)(=O)N2CCOCC2)cc1)[C@](O)(Cn1cncn1)c1ccc(F)cc1F. The Labute approximate surface area is 208 Å². The van der Waals surface area contributed by atoms with Crippen molar-refractivity contribution in [2.75, 3.05) is 26.3 Å². The molecular formula is C25H28F2N4O4S. The van der Waals surface area contributed by atoms with Gasteiger partial charge in [0.2, 0.25) is 10.0 Å². The number of allylic oxidation sites excluding steroid dienone is 1. The van der Waals surface area contributed by atoms with Gasteiger partial charge in [0.15, 0.2) is 0 Å². The molecule has 1 aliphatic rings. The molecule has 36 heavy (non-hydrogen) atoms. The van der Waals surface area contributed by atoms with Gasteiger partial charge in [-0.05, 0) is 36.1 Å². The molecule has 4 rings (SSSR count). The van der Waals surface area contributed by atoms with Crippen molar-refractivity contribution in [2.45, 2.75) is 30.4 Å². The Morgan fingerprint density at radius 3 is 2.53 bits per heavy atom. The minimum Gasteiger partial charge on any atom is -0.383 e. The van der Waals surface area contributed by atoms with Gasteiger partial charge in [0.05, 0.1) is 24.7 Å². The van der Waals surface area contributed by atoms with Crippen molar-refractivity contribution in [2.24, 2.45) is 5.92 Å². The summed E-state index contributed by atoms with van der Waals surface area (Å²) in [5.74, 6) is -2.06. The summed E-state index contributed by atoms with van der Waals surface area (Å²) in [5.41, 5.74) is -0.944. The zero-order valence-electron chi connectivity index (χ0n) is 19.8. The van der Waals surface area contributed by atoms with E-state index in [4.69, 9.17) is 4.74 Å². The zero-order valence-corrected chi connectivity index (χ0v) is 20.6. The number of ether oxygens (including phenoxy) is 1. The molecule has 1 saturated heterocycles. The highest BCUT2D eigenvalue weighted by Crippen LogP contribution is 2.36. The third kappa shape index (κ3) is 5.70. The van der Waals surface area contributed by atoms with Gasteiger partial charge in [0.1, 0.15) is 29.9 Å². The molecule has 0 aliphatic carbocycles. The normalized spacial score (nSPS) is 17.8. The van der Waals surface area contributed by atoms with Crippen LogP contribution in [0.5, 0.6) is 0 Å². The van der Waals surface area contributed by atoms with E-state index in [-0.39, 0.29) is 17.0 Å². The first-order valence-corrected chi connectivity index (χ1v) is 13.0. The number of hydrogen-bond acceptors (Lipinski definition) is 6. The smallest absolute Gasteiger partial charge is 0.243 e. The fraction of sp³-hybridized carbons (Fsp3) is 0.360. The Bertz CT molecular complexity index is 1290. The first-order chi connectivity index (χ1) is 17.2. The second-order valence-corrected chi connectivity index (χ2v) is 10.7. The molecule has 2 heterocycles. The van der Waals surface area contributed by atoms with Gasteiger partial charge < -0.3 is 9.84 Å². The van der Waals surface area contributed by atoms with Crippen LogP contribution >= 0.6 is 0 Å². The molecule has 0 radical (unpaired) electrons. The Morgan fingerprint density at radius 2 is 1.89 bits per heavy atom. The monoisotopic (exact) mass is 518 g/mol. The van der Waals surface area contributed by atoms with Gasteiger partial charge in [-0.2, -0.15) is 9.40 Å². The summed E-state index contributed by atoms with van der Waals surface area (Å²) in [6.45, 7) is 3.11. The fourth-order valence-corrected chi connectivity index (χ4v) is 5.61. The van der Waals surface area contributed by atoms with E-state index in [1.807, 2.05) is 6.08 Å². The third-order valence-corrected chi connectivity index (χ3v) is 8.28. The Kier molecular flexibility index (Phi) is 7.94. The maximum absolute atomic E-state index is 14.7. The fourth-order valence-electron chi connectivity index (χ4n) is 4.20. The van der Waals surface area contributed by atoms with E-state index < -0.39 is 33.2 Å². The number of halogens is 2. The lowest BCUT2D eigenvalue weighted by Gasteiger charge is -2.34. The summed E-state index contributed by atoms with van der Waals surface area (Å²) in [5, 5.41) is 15.6. The van der Waals surface area contributed by atoms with E-state index in [1.54, 1.807) is 37.3 Å². The van der Waals surface area contributed by atoms with Crippen LogP contribution in [0, 0.1) is 17.6 Å². The highest BCUT2D eigenvalue weighted by Gasteiger charge is 2.38. The first-order valence-electron chi connectivity index (χ1n) is 11.5. The number of rotatable bonds is 9. The van der Waals surface area contributed by atoms with Crippen LogP contribution in [0.1, 0.15) is 24.5 Å². The van der Waals surface area contributed by atoms with Crippen molar-refractivity contribution >= 4 is 16.1 Å². The summed E-state index contributed by atoms with van der Waals surface area (Å²) in [7, 11) is -3.57. The molecule has 3 aromatic rings. The van der Waals surface area contributed by atoms with E-state index in [9.17, 15) is 22.3 Å². The summed E-state index contributed by atoms with van der Waals surface area (Å²) in [6.07, 6.45) is 6.72. The maximum Gasteiger partial charge on any atom is 0.243 e. The molecule has 1 aromatic heterocycles. The first kappa shape index (κ1) is 26.1. The lowest BCUT2D eigenvalue weighted by atomic mass is 9.80. The van der Waals surface area contributed by atoms with Crippen LogP contribution in [0.4, 0.5) is 8.78 Å². The molecule has 192 valence electrons. The molecule has 2 aromatic carbocycles. The van der Waals surface area contributed by atoms with E-state index in [2.05, 4.69) is 10.1 Å².